The molecule has 33 heavy (non-hydrogen) atoms. The number of nitrogens with one attached hydrogen (secondary N) is 1. The average molecular weight is 452 g/mol. The van der Waals surface area contributed by atoms with Gasteiger partial charge in [-0.05, 0) is 37.8 Å². The van der Waals surface area contributed by atoms with Gasteiger partial charge in [0, 0.05) is 31.1 Å². The maximum Gasteiger partial charge on any atom is 0.313 e. The third kappa shape index (κ3) is 6.09. The Morgan fingerprint density at radius 1 is 1.12 bits per heavy atom. The van der Waals surface area contributed by atoms with Crippen LogP contribution in [0, 0.1) is 5.41 Å². The first kappa shape index (κ1) is 24.2. The molecule has 3 N–H and O–H groups in total. The van der Waals surface area contributed by atoms with Crippen molar-refractivity contribution in [2.75, 3.05) is 30.7 Å². The van der Waals surface area contributed by atoms with Crippen molar-refractivity contribution in [2.24, 2.45) is 5.41 Å². The minimum absolute atomic E-state index is 0.106. The fourth-order valence-electron chi connectivity index (χ4n) is 3.78. The zero-order chi connectivity index (χ0) is 24.0. The van der Waals surface area contributed by atoms with Crippen LogP contribution >= 0.6 is 0 Å². The molecule has 176 valence electrons. The molecule has 1 aliphatic carbocycles. The second-order valence-corrected chi connectivity index (χ2v) is 8.89. The van der Waals surface area contributed by atoms with E-state index in [-0.39, 0.29) is 17.4 Å². The summed E-state index contributed by atoms with van der Waals surface area (Å²) in [5.74, 6) is -0.724. The number of anilines is 2. The standard InChI is InChI=1S/C19H27N5O3.C6H6/c1-4-13-9-14(10-21-15(13)20)22-16(25)17(26)23-7-8-24(12(2)11-23)18(27)19(3)5-6-19;1-2-4-6-5-3-1/h9-10,12H,4-8,11H2,1-3H3,(H2,20,21)(H,22,25);1-6H. The number of nitrogens with two attached hydrogens (primary N) is 1. The highest BCUT2D eigenvalue weighted by atomic mass is 16.2. The van der Waals surface area contributed by atoms with Crippen LogP contribution in [0.5, 0.6) is 0 Å². The van der Waals surface area contributed by atoms with Gasteiger partial charge in [0.1, 0.15) is 5.82 Å². The fraction of sp³-hybridized carbons (Fsp3) is 0.440. The van der Waals surface area contributed by atoms with Crippen molar-refractivity contribution >= 4 is 29.2 Å². The van der Waals surface area contributed by atoms with E-state index in [0.717, 1.165) is 18.4 Å². The minimum Gasteiger partial charge on any atom is -0.383 e. The zero-order valence-electron chi connectivity index (χ0n) is 19.6. The maximum absolute atomic E-state index is 12.6. The van der Waals surface area contributed by atoms with E-state index in [1.807, 2.05) is 62.1 Å². The van der Waals surface area contributed by atoms with E-state index in [4.69, 9.17) is 5.73 Å². The summed E-state index contributed by atoms with van der Waals surface area (Å²) >= 11 is 0. The Morgan fingerprint density at radius 2 is 1.73 bits per heavy atom. The quantitative estimate of drug-likeness (QED) is 0.698. The van der Waals surface area contributed by atoms with Gasteiger partial charge in [-0.2, -0.15) is 0 Å². The predicted octanol–water partition coefficient (Wildman–Crippen LogP) is 2.71. The van der Waals surface area contributed by atoms with E-state index in [1.165, 1.54) is 11.1 Å². The molecule has 1 saturated heterocycles. The Labute approximate surface area is 195 Å². The number of aromatic nitrogens is 1. The van der Waals surface area contributed by atoms with Gasteiger partial charge >= 0.3 is 11.8 Å². The number of hydrogen-bond acceptors (Lipinski definition) is 5. The van der Waals surface area contributed by atoms with E-state index in [0.29, 0.717) is 37.6 Å². The lowest BCUT2D eigenvalue weighted by Crippen LogP contribution is -2.58. The van der Waals surface area contributed by atoms with Crippen LogP contribution < -0.4 is 11.1 Å². The average Bonchev–Trinajstić information content (AvgIpc) is 3.59. The number of rotatable bonds is 3. The molecule has 2 aliphatic rings. The summed E-state index contributed by atoms with van der Waals surface area (Å²) < 4.78 is 0. The normalized spacial score (nSPS) is 18.6. The Kier molecular flexibility index (Phi) is 7.68. The number of carbonyl (C=O) groups excluding carboxylic acids is 3. The number of piperazine rings is 1. The highest BCUT2D eigenvalue weighted by Gasteiger charge is 2.48. The predicted molar refractivity (Wildman–Crippen MR) is 128 cm³/mol. The number of nitrogens with zero attached hydrogens (tertiary/aromatic N) is 3. The summed E-state index contributed by atoms with van der Waals surface area (Å²) in [6.07, 6.45) is 3.98. The molecule has 8 nitrogen and oxygen atoms in total. The number of nitrogen functional groups attached to an aromatic ring is 1. The molecule has 4 rings (SSSR count). The van der Waals surface area contributed by atoms with Crippen LogP contribution in [0.15, 0.2) is 48.7 Å². The third-order valence-corrected chi connectivity index (χ3v) is 6.19. The Balaban J connectivity index is 0.000000442. The molecule has 2 heterocycles. The van der Waals surface area contributed by atoms with E-state index < -0.39 is 11.8 Å². The minimum atomic E-state index is -0.704. The largest absolute Gasteiger partial charge is 0.383 e. The monoisotopic (exact) mass is 451 g/mol. The maximum atomic E-state index is 12.6. The van der Waals surface area contributed by atoms with Crippen LogP contribution in [0.2, 0.25) is 0 Å². The lowest BCUT2D eigenvalue weighted by molar-refractivity contribution is -0.149. The smallest absolute Gasteiger partial charge is 0.313 e. The molecule has 1 saturated carbocycles. The molecule has 1 aromatic carbocycles. The highest BCUT2D eigenvalue weighted by Crippen LogP contribution is 2.47. The van der Waals surface area contributed by atoms with Crippen molar-refractivity contribution in [1.29, 1.82) is 0 Å². The topological polar surface area (TPSA) is 109 Å². The molecule has 1 aliphatic heterocycles. The molecule has 2 fully saturated rings. The van der Waals surface area contributed by atoms with Gasteiger partial charge in [-0.1, -0.05) is 50.2 Å². The number of hydrogen-bond donors (Lipinski definition) is 2. The highest BCUT2D eigenvalue weighted by molar-refractivity contribution is 6.39. The second kappa shape index (κ2) is 10.5. The van der Waals surface area contributed by atoms with Crippen LogP contribution in [0.1, 0.15) is 39.2 Å². The van der Waals surface area contributed by atoms with Crippen molar-refractivity contribution < 1.29 is 14.4 Å². The van der Waals surface area contributed by atoms with E-state index in [2.05, 4.69) is 10.3 Å². The molecule has 1 atom stereocenters. The molecule has 0 radical (unpaired) electrons. The van der Waals surface area contributed by atoms with Crippen molar-refractivity contribution in [3.8, 4) is 0 Å². The first-order valence-electron chi connectivity index (χ1n) is 11.4. The SMILES string of the molecule is CCc1cc(NC(=O)C(=O)N2CCN(C(=O)C3(C)CC3)C(C)C2)cnc1N.c1ccccc1. The van der Waals surface area contributed by atoms with E-state index in [9.17, 15) is 14.4 Å². The number of benzene rings is 1. The van der Waals surface area contributed by atoms with Gasteiger partial charge in [0.25, 0.3) is 0 Å². The Morgan fingerprint density at radius 3 is 2.24 bits per heavy atom. The first-order valence-corrected chi connectivity index (χ1v) is 11.4. The molecule has 2 aromatic rings. The first-order chi connectivity index (χ1) is 15.7. The van der Waals surface area contributed by atoms with E-state index in [1.54, 1.807) is 6.07 Å². The number of carbonyl (C=O) groups is 3. The van der Waals surface area contributed by atoms with Gasteiger partial charge < -0.3 is 20.9 Å². The summed E-state index contributed by atoms with van der Waals surface area (Å²) in [6, 6.07) is 13.6. The van der Waals surface area contributed by atoms with Gasteiger partial charge in [-0.3, -0.25) is 14.4 Å². The summed E-state index contributed by atoms with van der Waals surface area (Å²) in [6.45, 7) is 7.01. The summed E-state index contributed by atoms with van der Waals surface area (Å²) in [5, 5.41) is 2.60. The van der Waals surface area contributed by atoms with Crippen LogP contribution in [-0.2, 0) is 20.8 Å². The summed E-state index contributed by atoms with van der Waals surface area (Å²) in [4.78, 5) is 44.8. The fourth-order valence-corrected chi connectivity index (χ4v) is 3.78. The van der Waals surface area contributed by atoms with Crippen LogP contribution in [0.4, 0.5) is 11.5 Å². The zero-order valence-corrected chi connectivity index (χ0v) is 19.6. The molecular weight excluding hydrogens is 418 g/mol. The molecular formula is C25H33N5O3. The Hall–Kier alpha value is -3.42. The van der Waals surface area contributed by atoms with E-state index >= 15 is 0 Å². The molecule has 0 spiro atoms. The van der Waals surface area contributed by atoms with Crippen LogP contribution in [0.25, 0.3) is 0 Å². The number of aryl methyl sites for hydroxylation is 1. The van der Waals surface area contributed by atoms with Crippen molar-refractivity contribution in [3.05, 3.63) is 54.2 Å². The molecule has 8 heteroatoms. The molecule has 3 amide bonds. The van der Waals surface area contributed by atoms with Gasteiger partial charge in [-0.15, -0.1) is 0 Å². The van der Waals surface area contributed by atoms with Gasteiger partial charge in [0.05, 0.1) is 11.9 Å². The third-order valence-electron chi connectivity index (χ3n) is 6.19. The van der Waals surface area contributed by atoms with Gasteiger partial charge in [0.15, 0.2) is 0 Å². The number of amides is 3. The summed E-state index contributed by atoms with van der Waals surface area (Å²) in [7, 11) is 0. The Bertz CT molecular complexity index is 964. The molecule has 0 bridgehead atoms. The second-order valence-electron chi connectivity index (χ2n) is 8.89. The molecule has 1 aromatic heterocycles. The lowest BCUT2D eigenvalue weighted by Gasteiger charge is -2.40. The van der Waals surface area contributed by atoms with Crippen molar-refractivity contribution in [1.82, 2.24) is 14.8 Å². The van der Waals surface area contributed by atoms with Crippen LogP contribution in [0.3, 0.4) is 0 Å². The van der Waals surface area contributed by atoms with Crippen LogP contribution in [-0.4, -0.2) is 58.2 Å². The molecule has 1 unspecified atom stereocenters. The lowest BCUT2D eigenvalue weighted by atomic mass is 10.1. The summed E-state index contributed by atoms with van der Waals surface area (Å²) in [5.41, 5.74) is 6.80. The van der Waals surface area contributed by atoms with Gasteiger partial charge in [-0.25, -0.2) is 4.98 Å². The van der Waals surface area contributed by atoms with Gasteiger partial charge in [0.2, 0.25) is 5.91 Å². The number of pyridine rings is 1. The van der Waals surface area contributed by atoms with Crippen molar-refractivity contribution in [2.45, 2.75) is 46.1 Å². The van der Waals surface area contributed by atoms with Crippen molar-refractivity contribution in [3.63, 3.8) is 0 Å².